The molecule has 1 spiro atoms. The number of hydrogen-bond acceptors (Lipinski definition) is 4. The van der Waals surface area contributed by atoms with Crippen molar-refractivity contribution in [1.29, 1.82) is 0 Å². The van der Waals surface area contributed by atoms with Crippen LogP contribution in [0.1, 0.15) is 60.8 Å². The Morgan fingerprint density at radius 3 is 1.75 bits per heavy atom. The Bertz CT molecular complexity index is 841. The molecule has 32 heavy (non-hydrogen) atoms. The highest BCUT2D eigenvalue weighted by atomic mass is 32.2. The summed E-state index contributed by atoms with van der Waals surface area (Å²) in [5.41, 5.74) is 8.86. The Morgan fingerprint density at radius 2 is 1.47 bits per heavy atom. The third-order valence-corrected chi connectivity index (χ3v) is 5.15. The summed E-state index contributed by atoms with van der Waals surface area (Å²) in [5.74, 6) is 14.4. The summed E-state index contributed by atoms with van der Waals surface area (Å²) in [5, 5.41) is 0. The second kappa shape index (κ2) is 24.3. The molecular weight excluding hydrogens is 424 g/mol. The molecule has 1 aliphatic carbocycles. The van der Waals surface area contributed by atoms with Gasteiger partial charge in [-0.1, -0.05) is 13.3 Å². The lowest BCUT2D eigenvalue weighted by Gasteiger charge is -2.34. The maximum atomic E-state index is 11.4. The minimum Gasteiger partial charge on any atom is -0.361 e. The van der Waals surface area contributed by atoms with Crippen molar-refractivity contribution in [2.24, 2.45) is 5.92 Å². The molecule has 0 unspecified atom stereocenters. The van der Waals surface area contributed by atoms with E-state index in [1.54, 1.807) is 13.8 Å². The molecule has 1 aliphatic heterocycles. The second-order valence-corrected chi connectivity index (χ2v) is 7.78. The monoisotopic (exact) mass is 460 g/mol. The van der Waals surface area contributed by atoms with Gasteiger partial charge >= 0.3 is 5.55 Å². The molecule has 2 fully saturated rings. The molecule has 1 saturated heterocycles. The van der Waals surface area contributed by atoms with Gasteiger partial charge in [-0.05, 0) is 58.3 Å². The van der Waals surface area contributed by atoms with Crippen LogP contribution in [0.5, 0.6) is 0 Å². The van der Waals surface area contributed by atoms with Crippen molar-refractivity contribution in [3.05, 3.63) is 5.53 Å². The quantitative estimate of drug-likeness (QED) is 0.211. The fraction of sp³-hybridized carbons (Fsp3) is 0.560. The number of hydrogen-bond donors (Lipinski definition) is 0. The fourth-order valence-electron chi connectivity index (χ4n) is 2.59. The van der Waals surface area contributed by atoms with Gasteiger partial charge in [-0.15, -0.1) is 43.5 Å². The van der Waals surface area contributed by atoms with Crippen LogP contribution in [0.2, 0.25) is 0 Å². The van der Waals surface area contributed by atoms with E-state index in [1.165, 1.54) is 0 Å². The molecule has 0 aromatic carbocycles. The zero-order valence-corrected chi connectivity index (χ0v) is 19.7. The SMILES string of the molecule is C.C#C.C#CC.C#CC#CC.CC#CC.[N-]=[N+]=CS(=O)(=O)CC1CCC2(CC1)OCCO2. The molecule has 0 N–H and O–H groups in total. The number of ether oxygens (including phenoxy) is 2. The highest BCUT2D eigenvalue weighted by molar-refractivity contribution is 8.04. The minimum absolute atomic E-state index is 0. The molecule has 0 radical (unpaired) electrons. The first-order valence-electron chi connectivity index (χ1n) is 9.39. The summed E-state index contributed by atoms with van der Waals surface area (Å²) in [7, 11) is -3.39. The highest BCUT2D eigenvalue weighted by Crippen LogP contribution is 2.38. The standard InChI is InChI=1S/C10H16N2O4S.C5H4.C4H6.C3H4.C2H2.CH4/c11-12-8-17(13,14)7-9-1-3-10(4-2-9)15-5-6-16-10;1-3-5-4-2;1-3-4-2;1-3-2;1-2;/h8-9H,1-7H2;1H,2H3;1-2H3;1H,2H3;1-2H;1H4. The van der Waals surface area contributed by atoms with Crippen molar-refractivity contribution in [1.82, 2.24) is 0 Å². The maximum Gasteiger partial charge on any atom is 0.370 e. The summed E-state index contributed by atoms with van der Waals surface area (Å²) in [4.78, 5) is 2.58. The zero-order valence-electron chi connectivity index (χ0n) is 18.8. The first-order chi connectivity index (χ1) is 14.8. The molecular formula is C25H36N2O4S. The molecule has 0 aromatic heterocycles. The van der Waals surface area contributed by atoms with Gasteiger partial charge in [0, 0.05) is 12.8 Å². The Morgan fingerprint density at radius 1 is 1.03 bits per heavy atom. The van der Waals surface area contributed by atoms with Gasteiger partial charge in [-0.2, -0.15) is 4.79 Å². The maximum absolute atomic E-state index is 11.4. The predicted octanol–water partition coefficient (Wildman–Crippen LogP) is 3.79. The first-order valence-corrected chi connectivity index (χ1v) is 11.1. The van der Waals surface area contributed by atoms with E-state index in [4.69, 9.17) is 21.4 Å². The summed E-state index contributed by atoms with van der Waals surface area (Å²) >= 11 is 0. The van der Waals surface area contributed by atoms with Crippen LogP contribution in [-0.4, -0.2) is 43.5 Å². The van der Waals surface area contributed by atoms with E-state index in [0.29, 0.717) is 18.8 Å². The van der Waals surface area contributed by atoms with Gasteiger partial charge in [-0.3, -0.25) is 0 Å². The van der Waals surface area contributed by atoms with Gasteiger partial charge in [-0.25, -0.2) is 8.42 Å². The third kappa shape index (κ3) is 20.3. The molecule has 176 valence electrons. The Hall–Kier alpha value is -2.95. The second-order valence-electron chi connectivity index (χ2n) is 5.91. The van der Waals surface area contributed by atoms with Gasteiger partial charge in [0.05, 0.1) is 19.0 Å². The largest absolute Gasteiger partial charge is 0.370 e. The molecule has 6 nitrogen and oxygen atoms in total. The van der Waals surface area contributed by atoms with Gasteiger partial charge in [0.1, 0.15) is 0 Å². The van der Waals surface area contributed by atoms with Crippen molar-refractivity contribution >= 4 is 15.4 Å². The lowest BCUT2D eigenvalue weighted by molar-refractivity contribution is -0.181. The number of sulfone groups is 1. The lowest BCUT2D eigenvalue weighted by Crippen LogP contribution is -2.36. The molecule has 1 saturated carbocycles. The molecule has 0 bridgehead atoms. The summed E-state index contributed by atoms with van der Waals surface area (Å²) < 4.78 is 34.0. The van der Waals surface area contributed by atoms with Crippen LogP contribution in [0.25, 0.3) is 5.53 Å². The average molecular weight is 461 g/mol. The smallest absolute Gasteiger partial charge is 0.361 e. The highest BCUT2D eigenvalue weighted by Gasteiger charge is 2.41. The Kier molecular flexibility index (Phi) is 27.7. The van der Waals surface area contributed by atoms with Gasteiger partial charge in [0.15, 0.2) is 5.79 Å². The topological polar surface area (TPSA) is 89.0 Å². The summed E-state index contributed by atoms with van der Waals surface area (Å²) in [6.07, 6.45) is 20.3. The molecule has 1 heterocycles. The van der Waals surface area contributed by atoms with Crippen LogP contribution in [0.3, 0.4) is 0 Å². The van der Waals surface area contributed by atoms with E-state index >= 15 is 0 Å². The molecule has 2 rings (SSSR count). The van der Waals surface area contributed by atoms with Crippen LogP contribution in [0, 0.1) is 67.1 Å². The lowest BCUT2D eigenvalue weighted by atomic mass is 9.86. The molecule has 0 amide bonds. The van der Waals surface area contributed by atoms with E-state index < -0.39 is 15.6 Å². The third-order valence-electron chi connectivity index (χ3n) is 3.80. The van der Waals surface area contributed by atoms with Gasteiger partial charge in [0.2, 0.25) is 9.84 Å². The number of terminal acetylenes is 3. The number of nitrogens with zero attached hydrogens (tertiary/aromatic N) is 2. The molecule has 0 atom stereocenters. The van der Waals surface area contributed by atoms with Crippen LogP contribution >= 0.6 is 0 Å². The van der Waals surface area contributed by atoms with Crippen LogP contribution in [0.15, 0.2) is 0 Å². The zero-order chi connectivity index (χ0) is 24.6. The average Bonchev–Trinajstić information content (AvgIpc) is 3.21. The molecule has 2 aliphatic rings. The number of rotatable bonds is 3. The minimum atomic E-state index is -3.39. The van der Waals surface area contributed by atoms with Crippen molar-refractivity contribution in [2.75, 3.05) is 19.0 Å². The fourth-order valence-corrected chi connectivity index (χ4v) is 3.81. The van der Waals surface area contributed by atoms with Crippen molar-refractivity contribution in [3.8, 4) is 61.2 Å². The summed E-state index contributed by atoms with van der Waals surface area (Å²) in [6.45, 7) is 8.25. The van der Waals surface area contributed by atoms with Crippen LogP contribution in [0.4, 0.5) is 0 Å². The predicted molar refractivity (Wildman–Crippen MR) is 133 cm³/mol. The normalized spacial score (nSPS) is 14.4. The Balaban J connectivity index is -0.000000218. The van der Waals surface area contributed by atoms with E-state index in [9.17, 15) is 8.42 Å². The molecule has 0 aromatic rings. The van der Waals surface area contributed by atoms with E-state index in [0.717, 1.165) is 25.7 Å². The van der Waals surface area contributed by atoms with Crippen molar-refractivity contribution in [3.63, 3.8) is 0 Å². The molecule has 7 heteroatoms. The Labute approximate surface area is 196 Å². The van der Waals surface area contributed by atoms with E-state index in [2.05, 4.69) is 59.6 Å². The van der Waals surface area contributed by atoms with Crippen LogP contribution in [-0.2, 0) is 19.3 Å². The van der Waals surface area contributed by atoms with E-state index in [1.807, 2.05) is 13.8 Å². The van der Waals surface area contributed by atoms with Gasteiger partial charge in [0.25, 0.3) is 0 Å². The van der Waals surface area contributed by atoms with Crippen molar-refractivity contribution in [2.45, 2.75) is 66.6 Å². The van der Waals surface area contributed by atoms with Gasteiger partial charge < -0.3 is 15.0 Å². The van der Waals surface area contributed by atoms with E-state index in [-0.39, 0.29) is 19.1 Å². The van der Waals surface area contributed by atoms with Crippen LogP contribution < -0.4 is 0 Å². The first kappa shape index (κ1) is 36.4. The summed E-state index contributed by atoms with van der Waals surface area (Å²) in [6, 6.07) is 0. The van der Waals surface area contributed by atoms with Crippen molar-refractivity contribution < 1.29 is 22.7 Å².